The van der Waals surface area contributed by atoms with Crippen LogP contribution in [0.25, 0.3) is 71.3 Å². The number of fused-ring (bicyclic) bond motifs is 9. The van der Waals surface area contributed by atoms with E-state index in [4.69, 9.17) is 15.4 Å². The van der Waals surface area contributed by atoms with E-state index < -0.39 is 0 Å². The maximum atomic E-state index is 6.35. The van der Waals surface area contributed by atoms with Gasteiger partial charge < -0.3 is 18.6 Å². The van der Waals surface area contributed by atoms with Gasteiger partial charge in [-0.25, -0.2) is 0 Å². The Morgan fingerprint density at radius 3 is 1.59 bits per heavy atom. The van der Waals surface area contributed by atoms with Crippen molar-refractivity contribution in [3.63, 3.8) is 0 Å². The summed E-state index contributed by atoms with van der Waals surface area (Å²) in [5.74, 6) is 0.829. The van der Waals surface area contributed by atoms with Gasteiger partial charge in [-0.15, -0.1) is 0 Å². The first kappa shape index (κ1) is 36.3. The first-order chi connectivity index (χ1) is 29.9. The number of allylic oxidation sites excluding steroid dienone is 1. The zero-order valence-electron chi connectivity index (χ0n) is 34.3. The van der Waals surface area contributed by atoms with E-state index in [-0.39, 0.29) is 0 Å². The van der Waals surface area contributed by atoms with Gasteiger partial charge in [-0.3, -0.25) is 0 Å². The van der Waals surface area contributed by atoms with Gasteiger partial charge in [-0.05, 0) is 133 Å². The van der Waals surface area contributed by atoms with Gasteiger partial charge in [0.05, 0.1) is 11.4 Å². The molecule has 0 amide bonds. The summed E-state index contributed by atoms with van der Waals surface area (Å²) < 4.78 is 12.7. The lowest BCUT2D eigenvalue weighted by Gasteiger charge is -2.30. The average Bonchev–Trinajstić information content (AvgIpc) is 3.82. The zero-order valence-corrected chi connectivity index (χ0v) is 34.3. The van der Waals surface area contributed by atoms with Crippen molar-refractivity contribution in [3.05, 3.63) is 217 Å². The second kappa shape index (κ2) is 14.5. The molecule has 4 nitrogen and oxygen atoms in total. The summed E-state index contributed by atoms with van der Waals surface area (Å²) in [5.41, 5.74) is 12.3. The summed E-state index contributed by atoms with van der Waals surface area (Å²) in [6, 6.07) is 62.7. The van der Waals surface area contributed by atoms with E-state index in [0.717, 1.165) is 105 Å². The van der Waals surface area contributed by atoms with Crippen molar-refractivity contribution < 1.29 is 8.83 Å². The molecule has 0 radical (unpaired) electrons. The van der Waals surface area contributed by atoms with E-state index in [2.05, 4.69) is 219 Å². The second-order valence-corrected chi connectivity index (χ2v) is 16.0. The Bertz CT molecular complexity index is 3540. The summed E-state index contributed by atoms with van der Waals surface area (Å²) >= 11 is 0. The Morgan fingerprint density at radius 1 is 0.426 bits per heavy atom. The van der Waals surface area contributed by atoms with Gasteiger partial charge >= 0.3 is 0 Å². The van der Waals surface area contributed by atoms with Gasteiger partial charge in [-0.2, -0.15) is 0 Å². The predicted octanol–water partition coefficient (Wildman–Crippen LogP) is 16.6. The van der Waals surface area contributed by atoms with E-state index in [1.165, 1.54) is 16.5 Å². The third-order valence-corrected chi connectivity index (χ3v) is 12.1. The van der Waals surface area contributed by atoms with Gasteiger partial charge in [0.25, 0.3) is 0 Å². The van der Waals surface area contributed by atoms with Crippen LogP contribution in [0.4, 0.5) is 28.4 Å². The predicted molar refractivity (Wildman–Crippen MR) is 258 cm³/mol. The van der Waals surface area contributed by atoms with Crippen molar-refractivity contribution in [3.8, 4) is 0 Å². The summed E-state index contributed by atoms with van der Waals surface area (Å²) in [7, 11) is 0. The number of hydrogen-bond donors (Lipinski definition) is 0. The number of rotatable bonds is 8. The minimum absolute atomic E-state index is 0.820. The SMILES string of the molecule is C=C(/C=C\c1oc2ccc(C)cc2c1C)N(c1ccccc1)c1cc2c3ccccc3c(N(c3ccccc3)c3ccc4oc5ccc(C)cc5c4c3)cc2c2ccccc12. The monoisotopic (exact) mass is 786 g/mol. The molecule has 0 saturated heterocycles. The first-order valence-corrected chi connectivity index (χ1v) is 20.8. The smallest absolute Gasteiger partial charge is 0.135 e. The highest BCUT2D eigenvalue weighted by Crippen LogP contribution is 2.47. The topological polar surface area (TPSA) is 32.8 Å². The van der Waals surface area contributed by atoms with Gasteiger partial charge in [0.1, 0.15) is 22.5 Å². The highest BCUT2D eigenvalue weighted by molar-refractivity contribution is 6.24. The fourth-order valence-corrected chi connectivity index (χ4v) is 9.10. The molecule has 0 fully saturated rings. The van der Waals surface area contributed by atoms with Gasteiger partial charge in [0.15, 0.2) is 0 Å². The molecule has 2 heterocycles. The van der Waals surface area contributed by atoms with Crippen LogP contribution in [0, 0.1) is 20.8 Å². The molecule has 11 rings (SSSR count). The number of furan rings is 2. The second-order valence-electron chi connectivity index (χ2n) is 16.0. The van der Waals surface area contributed by atoms with Gasteiger partial charge in [-0.1, -0.05) is 115 Å². The Kier molecular flexibility index (Phi) is 8.61. The molecule has 0 aliphatic carbocycles. The molecule has 292 valence electrons. The number of benzene rings is 9. The minimum Gasteiger partial charge on any atom is -0.456 e. The number of hydrogen-bond acceptors (Lipinski definition) is 4. The Labute approximate surface area is 354 Å². The maximum Gasteiger partial charge on any atom is 0.135 e. The lowest BCUT2D eigenvalue weighted by Crippen LogP contribution is -2.15. The van der Waals surface area contributed by atoms with E-state index in [1.54, 1.807) is 0 Å². The standard InChI is InChI=1S/C57H42N2O2/c1-36-23-27-55-47(31-36)39(4)54(60-55)29-25-38(3)58(40-15-7-5-8-16-40)52-34-48-44-20-12-14-22-46(44)53(35-49(48)43-19-11-13-21-45(43)52)59(41-17-9-6-10-18-41)42-26-30-57-51(33-42)50-32-37(2)24-28-56(50)61-57/h5-35H,3H2,1-2,4H3/b29-25-. The first-order valence-electron chi connectivity index (χ1n) is 20.8. The van der Waals surface area contributed by atoms with Crippen LogP contribution in [-0.2, 0) is 0 Å². The molecular weight excluding hydrogens is 745 g/mol. The van der Waals surface area contributed by atoms with E-state index in [9.17, 15) is 0 Å². The van der Waals surface area contributed by atoms with Gasteiger partial charge in [0, 0.05) is 55.3 Å². The van der Waals surface area contributed by atoms with E-state index in [1.807, 2.05) is 0 Å². The highest BCUT2D eigenvalue weighted by atomic mass is 16.3. The zero-order chi connectivity index (χ0) is 41.2. The maximum absolute atomic E-state index is 6.35. The summed E-state index contributed by atoms with van der Waals surface area (Å²) in [6.07, 6.45) is 4.13. The number of para-hydroxylation sites is 2. The normalized spacial score (nSPS) is 11.9. The van der Waals surface area contributed by atoms with Crippen LogP contribution in [0.15, 0.2) is 203 Å². The molecule has 0 spiro atoms. The quantitative estimate of drug-likeness (QED) is 0.113. The lowest BCUT2D eigenvalue weighted by atomic mass is 9.93. The van der Waals surface area contributed by atoms with Crippen LogP contribution < -0.4 is 9.80 Å². The molecule has 2 aromatic heterocycles. The molecule has 0 atom stereocenters. The third kappa shape index (κ3) is 6.15. The Hall–Kier alpha value is -7.82. The fraction of sp³-hybridized carbons (Fsp3) is 0.0526. The van der Waals surface area contributed by atoms with Crippen molar-refractivity contribution in [1.82, 2.24) is 0 Å². The van der Waals surface area contributed by atoms with Crippen molar-refractivity contribution >= 4 is 99.7 Å². The highest BCUT2D eigenvalue weighted by Gasteiger charge is 2.23. The molecule has 0 bridgehead atoms. The number of nitrogens with zero attached hydrogens (tertiary/aromatic N) is 2. The Morgan fingerprint density at radius 2 is 0.934 bits per heavy atom. The van der Waals surface area contributed by atoms with Crippen LogP contribution in [0.2, 0.25) is 0 Å². The van der Waals surface area contributed by atoms with E-state index in [0.29, 0.717) is 0 Å². The van der Waals surface area contributed by atoms with Crippen LogP contribution >= 0.6 is 0 Å². The van der Waals surface area contributed by atoms with Crippen LogP contribution in [-0.4, -0.2) is 0 Å². The summed E-state index contributed by atoms with van der Waals surface area (Å²) in [5, 5.41) is 10.3. The third-order valence-electron chi connectivity index (χ3n) is 12.1. The van der Waals surface area contributed by atoms with Crippen LogP contribution in [0.1, 0.15) is 22.5 Å². The Balaban J connectivity index is 1.13. The molecule has 9 aromatic carbocycles. The van der Waals surface area contributed by atoms with Gasteiger partial charge in [0.2, 0.25) is 0 Å². The lowest BCUT2D eigenvalue weighted by molar-refractivity contribution is 0.601. The van der Waals surface area contributed by atoms with Crippen molar-refractivity contribution in [2.75, 3.05) is 9.80 Å². The largest absolute Gasteiger partial charge is 0.456 e. The molecule has 4 heteroatoms. The fourth-order valence-electron chi connectivity index (χ4n) is 9.10. The molecule has 0 saturated carbocycles. The van der Waals surface area contributed by atoms with Crippen molar-refractivity contribution in [2.45, 2.75) is 20.8 Å². The number of aryl methyl sites for hydroxylation is 3. The molecular formula is C57H42N2O2. The molecule has 61 heavy (non-hydrogen) atoms. The molecule has 0 N–H and O–H groups in total. The average molecular weight is 787 g/mol. The van der Waals surface area contributed by atoms with Crippen molar-refractivity contribution in [1.29, 1.82) is 0 Å². The molecule has 0 aliphatic rings. The molecule has 0 unspecified atom stereocenters. The van der Waals surface area contributed by atoms with Crippen LogP contribution in [0.5, 0.6) is 0 Å². The van der Waals surface area contributed by atoms with Crippen molar-refractivity contribution in [2.24, 2.45) is 0 Å². The minimum atomic E-state index is 0.820. The van der Waals surface area contributed by atoms with Crippen LogP contribution in [0.3, 0.4) is 0 Å². The summed E-state index contributed by atoms with van der Waals surface area (Å²) in [6.45, 7) is 11.1. The summed E-state index contributed by atoms with van der Waals surface area (Å²) in [4.78, 5) is 4.66. The molecule has 11 aromatic rings. The molecule has 0 aliphatic heterocycles. The van der Waals surface area contributed by atoms with E-state index >= 15 is 0 Å². The number of anilines is 5.